The van der Waals surface area contributed by atoms with Crippen molar-refractivity contribution in [2.24, 2.45) is 0 Å². The first kappa shape index (κ1) is 6.55. The predicted octanol–water partition coefficient (Wildman–Crippen LogP) is 2.67. The van der Waals surface area contributed by atoms with E-state index in [2.05, 4.69) is 13.8 Å². The first-order chi connectivity index (χ1) is 3.84. The highest BCUT2D eigenvalue weighted by Crippen LogP contribution is 2.48. The van der Waals surface area contributed by atoms with E-state index in [0.717, 1.165) is 5.66 Å². The second-order valence-corrected chi connectivity index (χ2v) is 5.76. The molecular weight excluding hydrogens is 115 g/mol. The summed E-state index contributed by atoms with van der Waals surface area (Å²) in [5.74, 6) is 0. The summed E-state index contributed by atoms with van der Waals surface area (Å²) in [6.45, 7) is 4.76. The van der Waals surface area contributed by atoms with Crippen LogP contribution in [0.15, 0.2) is 0 Å². The van der Waals surface area contributed by atoms with Crippen LogP contribution in [0.4, 0.5) is 0 Å². The normalized spacial score (nSPS) is 38.2. The molecule has 0 nitrogen and oxygen atoms in total. The lowest BCUT2D eigenvalue weighted by atomic mass is 10.3. The van der Waals surface area contributed by atoms with E-state index in [-0.39, 0.29) is 0 Å². The van der Waals surface area contributed by atoms with Gasteiger partial charge in [0.1, 0.15) is 0 Å². The van der Waals surface area contributed by atoms with Gasteiger partial charge in [-0.2, -0.15) is 0 Å². The summed E-state index contributed by atoms with van der Waals surface area (Å²) in [6, 6.07) is 0. The molecule has 1 rings (SSSR count). The molecule has 0 amide bonds. The lowest BCUT2D eigenvalue weighted by Crippen LogP contribution is -1.91. The van der Waals surface area contributed by atoms with Gasteiger partial charge in [-0.3, -0.25) is 0 Å². The van der Waals surface area contributed by atoms with E-state index in [0.29, 0.717) is 7.92 Å². The molecule has 0 aromatic carbocycles. The molecule has 0 aromatic heterocycles. The molecule has 1 fully saturated rings. The monoisotopic (exact) mass is 130 g/mol. The van der Waals surface area contributed by atoms with Crippen LogP contribution in [0.3, 0.4) is 0 Å². The van der Waals surface area contributed by atoms with Crippen LogP contribution >= 0.6 is 7.92 Å². The zero-order valence-electron chi connectivity index (χ0n) is 5.85. The number of hydrogen-bond acceptors (Lipinski definition) is 0. The molecule has 1 heterocycles. The first-order valence-electron chi connectivity index (χ1n) is 3.58. The lowest BCUT2D eigenvalue weighted by Gasteiger charge is -2.11. The molecule has 2 atom stereocenters. The Labute approximate surface area is 53.4 Å². The maximum Gasteiger partial charge on any atom is -0.0238 e. The van der Waals surface area contributed by atoms with Gasteiger partial charge in [0.25, 0.3) is 0 Å². The summed E-state index contributed by atoms with van der Waals surface area (Å²) >= 11 is 0. The highest BCUT2D eigenvalue weighted by molar-refractivity contribution is 7.58. The first-order valence-corrected chi connectivity index (χ1v) is 5.36. The van der Waals surface area contributed by atoms with Gasteiger partial charge in [-0.15, -0.1) is 7.92 Å². The van der Waals surface area contributed by atoms with E-state index in [1.807, 2.05) is 0 Å². The van der Waals surface area contributed by atoms with Gasteiger partial charge in [-0.1, -0.05) is 13.8 Å². The third-order valence-corrected chi connectivity index (χ3v) is 5.30. The minimum absolute atomic E-state index is 0.496. The molecule has 1 heteroatoms. The Balaban J connectivity index is 2.30. The summed E-state index contributed by atoms with van der Waals surface area (Å²) in [7, 11) is 0.496. The van der Waals surface area contributed by atoms with Crippen molar-refractivity contribution in [1.82, 2.24) is 0 Å². The molecule has 0 bridgehead atoms. The van der Waals surface area contributed by atoms with Crippen LogP contribution in [0.5, 0.6) is 0 Å². The average molecular weight is 130 g/mol. The summed E-state index contributed by atoms with van der Waals surface area (Å²) in [5, 5.41) is 0. The molecule has 0 saturated carbocycles. The Morgan fingerprint density at radius 2 is 2.38 bits per heavy atom. The van der Waals surface area contributed by atoms with E-state index >= 15 is 0 Å². The Hall–Kier alpha value is 0.430. The van der Waals surface area contributed by atoms with Crippen molar-refractivity contribution in [2.45, 2.75) is 32.3 Å². The molecule has 1 aliphatic rings. The predicted molar refractivity (Wildman–Crippen MR) is 41.0 cm³/mol. The fraction of sp³-hybridized carbons (Fsp3) is 1.00. The van der Waals surface area contributed by atoms with Crippen molar-refractivity contribution in [3.63, 3.8) is 0 Å². The van der Waals surface area contributed by atoms with Crippen LogP contribution in [0.1, 0.15) is 26.7 Å². The number of hydrogen-bond donors (Lipinski definition) is 0. The van der Waals surface area contributed by atoms with Crippen molar-refractivity contribution >= 4 is 7.92 Å². The molecule has 2 unspecified atom stereocenters. The van der Waals surface area contributed by atoms with E-state index in [4.69, 9.17) is 0 Å². The van der Waals surface area contributed by atoms with Crippen molar-refractivity contribution in [3.8, 4) is 0 Å². The van der Waals surface area contributed by atoms with Gasteiger partial charge in [0.05, 0.1) is 0 Å². The van der Waals surface area contributed by atoms with Crippen LogP contribution in [0.2, 0.25) is 0 Å². The average Bonchev–Trinajstić information content (AvgIpc) is 2.14. The van der Waals surface area contributed by atoms with Crippen molar-refractivity contribution in [3.05, 3.63) is 0 Å². The molecule has 0 aliphatic carbocycles. The van der Waals surface area contributed by atoms with Crippen LogP contribution in [-0.2, 0) is 0 Å². The molecule has 1 saturated heterocycles. The van der Waals surface area contributed by atoms with Crippen molar-refractivity contribution in [2.75, 3.05) is 12.3 Å². The van der Waals surface area contributed by atoms with Gasteiger partial charge in [-0.05, 0) is 30.8 Å². The lowest BCUT2D eigenvalue weighted by molar-refractivity contribution is 0.835. The van der Waals surface area contributed by atoms with Crippen LogP contribution in [0, 0.1) is 0 Å². The summed E-state index contributed by atoms with van der Waals surface area (Å²) < 4.78 is 0. The Kier molecular flexibility index (Phi) is 2.31. The molecular formula is C7H15P. The second-order valence-electron chi connectivity index (χ2n) is 2.62. The zero-order chi connectivity index (χ0) is 5.98. The standard InChI is InChI=1S/C7H15P/c1-3-8-6-4-5-7(8)2/h7H,3-6H2,1-2H3. The fourth-order valence-corrected chi connectivity index (χ4v) is 3.98. The van der Waals surface area contributed by atoms with Gasteiger partial charge in [0, 0.05) is 0 Å². The Bertz CT molecular complexity index is 70.8. The Morgan fingerprint density at radius 1 is 1.62 bits per heavy atom. The van der Waals surface area contributed by atoms with Crippen LogP contribution < -0.4 is 0 Å². The van der Waals surface area contributed by atoms with Crippen molar-refractivity contribution < 1.29 is 0 Å². The molecule has 0 radical (unpaired) electrons. The molecule has 8 heavy (non-hydrogen) atoms. The molecule has 1 aliphatic heterocycles. The summed E-state index contributed by atoms with van der Waals surface area (Å²) in [5.41, 5.74) is 1.09. The minimum atomic E-state index is 0.496. The second kappa shape index (κ2) is 2.82. The van der Waals surface area contributed by atoms with Crippen molar-refractivity contribution in [1.29, 1.82) is 0 Å². The van der Waals surface area contributed by atoms with Crippen LogP contribution in [-0.4, -0.2) is 18.0 Å². The van der Waals surface area contributed by atoms with E-state index in [1.54, 1.807) is 6.16 Å². The van der Waals surface area contributed by atoms with Crippen LogP contribution in [0.25, 0.3) is 0 Å². The third kappa shape index (κ3) is 1.23. The van der Waals surface area contributed by atoms with E-state index < -0.39 is 0 Å². The minimum Gasteiger partial charge on any atom is -0.104 e. The van der Waals surface area contributed by atoms with E-state index in [1.165, 1.54) is 19.0 Å². The maximum absolute atomic E-state index is 2.42. The van der Waals surface area contributed by atoms with Gasteiger partial charge >= 0.3 is 0 Å². The molecule has 0 N–H and O–H groups in total. The topological polar surface area (TPSA) is 0 Å². The van der Waals surface area contributed by atoms with Gasteiger partial charge in [0.15, 0.2) is 0 Å². The number of rotatable bonds is 1. The summed E-state index contributed by atoms with van der Waals surface area (Å²) in [4.78, 5) is 0. The van der Waals surface area contributed by atoms with Gasteiger partial charge in [0.2, 0.25) is 0 Å². The summed E-state index contributed by atoms with van der Waals surface area (Å²) in [6.07, 6.45) is 6.06. The Morgan fingerprint density at radius 3 is 2.62 bits per heavy atom. The smallest absolute Gasteiger partial charge is 0.0238 e. The maximum atomic E-state index is 2.42. The van der Waals surface area contributed by atoms with E-state index in [9.17, 15) is 0 Å². The molecule has 48 valence electrons. The fourth-order valence-electron chi connectivity index (χ4n) is 1.46. The quantitative estimate of drug-likeness (QED) is 0.479. The SMILES string of the molecule is CCP1CCCC1C. The largest absolute Gasteiger partial charge is 0.104 e. The highest BCUT2D eigenvalue weighted by Gasteiger charge is 2.19. The molecule has 0 aromatic rings. The highest BCUT2D eigenvalue weighted by atomic mass is 31.1. The molecule has 0 spiro atoms. The third-order valence-electron chi connectivity index (χ3n) is 2.10. The van der Waals surface area contributed by atoms with Gasteiger partial charge < -0.3 is 0 Å². The van der Waals surface area contributed by atoms with Gasteiger partial charge in [-0.25, -0.2) is 0 Å². The zero-order valence-corrected chi connectivity index (χ0v) is 6.75.